The average molecular weight is 146 g/mol. The Balaban J connectivity index is 2.34. The predicted molar refractivity (Wildman–Crippen MR) is 34.2 cm³/mol. The van der Waals surface area contributed by atoms with Gasteiger partial charge < -0.3 is 4.74 Å². The molecule has 0 saturated carbocycles. The molecule has 1 aliphatic heterocycles. The van der Waals surface area contributed by atoms with Crippen molar-refractivity contribution in [2.75, 3.05) is 6.61 Å². The van der Waals surface area contributed by atoms with Crippen LogP contribution in [0.3, 0.4) is 0 Å². The van der Waals surface area contributed by atoms with Crippen LogP contribution in [0.25, 0.3) is 0 Å². The lowest BCUT2D eigenvalue weighted by Gasteiger charge is -2.07. The van der Waals surface area contributed by atoms with Gasteiger partial charge in [-0.05, 0) is 12.8 Å². The van der Waals surface area contributed by atoms with E-state index in [1.807, 2.05) is 6.07 Å². The maximum atomic E-state index is 8.33. The maximum Gasteiger partial charge on any atom is 0.146 e. The number of rotatable bonds is 1. The van der Waals surface area contributed by atoms with Gasteiger partial charge in [0, 0.05) is 6.61 Å². The summed E-state index contributed by atoms with van der Waals surface area (Å²) in [6.07, 6.45) is 1.95. The van der Waals surface area contributed by atoms with Crippen molar-refractivity contribution in [1.82, 2.24) is 0 Å². The predicted octanol–water partition coefficient (Wildman–Crippen LogP) is 1.30. The number of ether oxygens (including phenoxy) is 1. The van der Waals surface area contributed by atoms with Crippen molar-refractivity contribution in [2.45, 2.75) is 24.3 Å². The van der Waals surface area contributed by atoms with Gasteiger partial charge in [0.15, 0.2) is 0 Å². The molecule has 1 rings (SSSR count). The first kappa shape index (κ1) is 6.85. The lowest BCUT2D eigenvalue weighted by Crippen LogP contribution is -2.17. The molecule has 0 aromatic heterocycles. The van der Waals surface area contributed by atoms with Crippen LogP contribution in [0.2, 0.25) is 0 Å². The SMILES string of the molecule is N#CC(Cl)C1CCCO1. The molecule has 0 bridgehead atoms. The molecule has 3 heteroatoms. The summed E-state index contributed by atoms with van der Waals surface area (Å²) in [5, 5.41) is 7.88. The minimum Gasteiger partial charge on any atom is -0.376 e. The number of alkyl halides is 1. The minimum absolute atomic E-state index is 0.0170. The van der Waals surface area contributed by atoms with Crippen LogP contribution in [0.1, 0.15) is 12.8 Å². The Morgan fingerprint density at radius 2 is 2.56 bits per heavy atom. The lowest BCUT2D eigenvalue weighted by molar-refractivity contribution is 0.117. The smallest absolute Gasteiger partial charge is 0.146 e. The van der Waals surface area contributed by atoms with Crippen LogP contribution in [-0.2, 0) is 4.74 Å². The Morgan fingerprint density at radius 3 is 3.00 bits per heavy atom. The van der Waals surface area contributed by atoms with Gasteiger partial charge in [0.1, 0.15) is 5.38 Å². The zero-order chi connectivity index (χ0) is 6.69. The van der Waals surface area contributed by atoms with Gasteiger partial charge in [0.2, 0.25) is 0 Å². The highest BCUT2D eigenvalue weighted by atomic mass is 35.5. The van der Waals surface area contributed by atoms with E-state index < -0.39 is 5.38 Å². The number of hydrogen-bond acceptors (Lipinski definition) is 2. The van der Waals surface area contributed by atoms with E-state index in [-0.39, 0.29) is 6.10 Å². The molecule has 2 atom stereocenters. The van der Waals surface area contributed by atoms with Crippen molar-refractivity contribution in [3.63, 3.8) is 0 Å². The van der Waals surface area contributed by atoms with Crippen molar-refractivity contribution in [3.05, 3.63) is 0 Å². The van der Waals surface area contributed by atoms with Gasteiger partial charge >= 0.3 is 0 Å². The number of nitriles is 1. The summed E-state index contributed by atoms with van der Waals surface area (Å²) in [6, 6.07) is 1.95. The van der Waals surface area contributed by atoms with E-state index in [4.69, 9.17) is 21.6 Å². The van der Waals surface area contributed by atoms with E-state index in [1.54, 1.807) is 0 Å². The van der Waals surface area contributed by atoms with E-state index in [0.29, 0.717) is 0 Å². The van der Waals surface area contributed by atoms with E-state index >= 15 is 0 Å². The average Bonchev–Trinajstić information content (AvgIpc) is 2.37. The molecular formula is C6H8ClNO. The van der Waals surface area contributed by atoms with Crippen LogP contribution in [0.5, 0.6) is 0 Å². The minimum atomic E-state index is -0.451. The van der Waals surface area contributed by atoms with Crippen molar-refractivity contribution in [2.24, 2.45) is 0 Å². The third-order valence-electron chi connectivity index (χ3n) is 1.41. The van der Waals surface area contributed by atoms with E-state index in [0.717, 1.165) is 19.4 Å². The molecule has 2 unspecified atom stereocenters. The van der Waals surface area contributed by atoms with E-state index in [1.165, 1.54) is 0 Å². The Hall–Kier alpha value is -0.260. The Kier molecular flexibility index (Phi) is 2.32. The number of halogens is 1. The maximum absolute atomic E-state index is 8.33. The van der Waals surface area contributed by atoms with Gasteiger partial charge in [0.25, 0.3) is 0 Å². The van der Waals surface area contributed by atoms with Crippen LogP contribution in [-0.4, -0.2) is 18.1 Å². The van der Waals surface area contributed by atoms with Crippen LogP contribution < -0.4 is 0 Å². The second kappa shape index (κ2) is 3.05. The third kappa shape index (κ3) is 1.57. The van der Waals surface area contributed by atoms with Gasteiger partial charge in [0.05, 0.1) is 12.2 Å². The first-order valence-electron chi connectivity index (χ1n) is 3.00. The lowest BCUT2D eigenvalue weighted by atomic mass is 10.2. The second-order valence-corrected chi connectivity index (χ2v) is 2.55. The van der Waals surface area contributed by atoms with Crippen LogP contribution in [0.15, 0.2) is 0 Å². The second-order valence-electron chi connectivity index (χ2n) is 2.08. The van der Waals surface area contributed by atoms with Gasteiger partial charge in [-0.25, -0.2) is 0 Å². The zero-order valence-corrected chi connectivity index (χ0v) is 5.77. The Morgan fingerprint density at radius 1 is 1.78 bits per heavy atom. The molecule has 50 valence electrons. The normalized spacial score (nSPS) is 29.6. The fraction of sp³-hybridized carbons (Fsp3) is 0.833. The third-order valence-corrected chi connectivity index (χ3v) is 1.79. The molecule has 9 heavy (non-hydrogen) atoms. The molecule has 0 spiro atoms. The van der Waals surface area contributed by atoms with Gasteiger partial charge in [-0.15, -0.1) is 11.6 Å². The highest BCUT2D eigenvalue weighted by Crippen LogP contribution is 2.18. The molecule has 0 aromatic carbocycles. The summed E-state index contributed by atoms with van der Waals surface area (Å²) in [7, 11) is 0. The van der Waals surface area contributed by atoms with Gasteiger partial charge in [-0.3, -0.25) is 0 Å². The first-order valence-corrected chi connectivity index (χ1v) is 3.43. The monoisotopic (exact) mass is 145 g/mol. The molecule has 0 amide bonds. The fourth-order valence-corrected chi connectivity index (χ4v) is 1.12. The van der Waals surface area contributed by atoms with Gasteiger partial charge in [-0.1, -0.05) is 0 Å². The van der Waals surface area contributed by atoms with E-state index in [9.17, 15) is 0 Å². The number of hydrogen-bond donors (Lipinski definition) is 0. The molecule has 0 aromatic rings. The molecule has 2 nitrogen and oxygen atoms in total. The summed E-state index contributed by atoms with van der Waals surface area (Å²) in [6.45, 7) is 0.759. The fourth-order valence-electron chi connectivity index (χ4n) is 0.917. The quantitative estimate of drug-likeness (QED) is 0.521. The molecule has 1 saturated heterocycles. The topological polar surface area (TPSA) is 33.0 Å². The largest absolute Gasteiger partial charge is 0.376 e. The van der Waals surface area contributed by atoms with Crippen LogP contribution in [0, 0.1) is 11.3 Å². The molecule has 1 aliphatic rings. The molecule has 0 N–H and O–H groups in total. The van der Waals surface area contributed by atoms with Crippen molar-refractivity contribution >= 4 is 11.6 Å². The zero-order valence-electron chi connectivity index (χ0n) is 5.01. The summed E-state index contributed by atoms with van der Waals surface area (Å²) in [5.74, 6) is 0. The molecule has 0 aliphatic carbocycles. The molecule has 1 fully saturated rings. The van der Waals surface area contributed by atoms with Crippen molar-refractivity contribution in [1.29, 1.82) is 5.26 Å². The Labute approximate surface area is 59.4 Å². The summed E-state index contributed by atoms with van der Waals surface area (Å²) in [5.41, 5.74) is 0. The summed E-state index contributed by atoms with van der Waals surface area (Å²) >= 11 is 5.59. The molecule has 1 heterocycles. The molecule has 0 radical (unpaired) electrons. The van der Waals surface area contributed by atoms with Crippen molar-refractivity contribution in [3.8, 4) is 6.07 Å². The van der Waals surface area contributed by atoms with Gasteiger partial charge in [-0.2, -0.15) is 5.26 Å². The summed E-state index contributed by atoms with van der Waals surface area (Å²) < 4.78 is 5.15. The van der Waals surface area contributed by atoms with Crippen LogP contribution >= 0.6 is 11.6 Å². The highest BCUT2D eigenvalue weighted by molar-refractivity contribution is 6.22. The van der Waals surface area contributed by atoms with Crippen molar-refractivity contribution < 1.29 is 4.74 Å². The highest BCUT2D eigenvalue weighted by Gasteiger charge is 2.23. The standard InChI is InChI=1S/C6H8ClNO/c7-5(4-8)6-2-1-3-9-6/h5-6H,1-3H2. The summed E-state index contributed by atoms with van der Waals surface area (Å²) in [4.78, 5) is 0. The Bertz CT molecular complexity index is 126. The van der Waals surface area contributed by atoms with E-state index in [2.05, 4.69) is 0 Å². The molecular weight excluding hydrogens is 138 g/mol. The van der Waals surface area contributed by atoms with Crippen LogP contribution in [0.4, 0.5) is 0 Å². The first-order chi connectivity index (χ1) is 4.34. The number of nitrogens with zero attached hydrogens (tertiary/aromatic N) is 1.